The Kier molecular flexibility index (Phi) is 4.35. The summed E-state index contributed by atoms with van der Waals surface area (Å²) in [6.07, 6.45) is 2.59. The van der Waals surface area contributed by atoms with Crippen LogP contribution in [-0.4, -0.2) is 22.5 Å². The van der Waals surface area contributed by atoms with Crippen molar-refractivity contribution >= 4 is 10.8 Å². The predicted molar refractivity (Wildman–Crippen MR) is 72.6 cm³/mol. The molecule has 0 bridgehead atoms. The number of aryl methyl sites for hydroxylation is 1. The molecule has 1 saturated carbocycles. The van der Waals surface area contributed by atoms with E-state index in [9.17, 15) is 4.21 Å². The van der Waals surface area contributed by atoms with Crippen LogP contribution < -0.4 is 5.32 Å². The third kappa shape index (κ3) is 3.39. The van der Waals surface area contributed by atoms with Crippen molar-refractivity contribution in [3.05, 3.63) is 29.8 Å². The van der Waals surface area contributed by atoms with Gasteiger partial charge in [-0.2, -0.15) is 0 Å². The lowest BCUT2D eigenvalue weighted by molar-refractivity contribution is 0.514. The quantitative estimate of drug-likeness (QED) is 0.841. The monoisotopic (exact) mass is 251 g/mol. The Hall–Kier alpha value is -0.670. The van der Waals surface area contributed by atoms with Gasteiger partial charge in [-0.15, -0.1) is 0 Å². The van der Waals surface area contributed by atoms with Crippen molar-refractivity contribution in [2.45, 2.75) is 37.6 Å². The van der Waals surface area contributed by atoms with Gasteiger partial charge >= 0.3 is 0 Å². The molecule has 2 atom stereocenters. The van der Waals surface area contributed by atoms with E-state index in [1.54, 1.807) is 0 Å². The summed E-state index contributed by atoms with van der Waals surface area (Å²) in [6.45, 7) is 5.12. The molecule has 0 aliphatic heterocycles. The average Bonchev–Trinajstić information content (AvgIpc) is 3.12. The standard InChI is InChI=1S/C14H21NOS/c1-3-15-13(12-8-9-12)10-17(16)14-7-5-4-6-11(14)2/h4-7,12-13,15H,3,8-10H2,1-2H3. The molecule has 1 fully saturated rings. The van der Waals surface area contributed by atoms with Crippen LogP contribution >= 0.6 is 0 Å². The fourth-order valence-corrected chi connectivity index (χ4v) is 3.74. The molecule has 1 N–H and O–H groups in total. The maximum Gasteiger partial charge on any atom is 0.0548 e. The highest BCUT2D eigenvalue weighted by Gasteiger charge is 2.31. The fraction of sp³-hybridized carbons (Fsp3) is 0.571. The molecule has 2 rings (SSSR count). The van der Waals surface area contributed by atoms with E-state index in [0.29, 0.717) is 6.04 Å². The molecule has 17 heavy (non-hydrogen) atoms. The predicted octanol–water partition coefficient (Wildman–Crippen LogP) is 2.49. The highest BCUT2D eigenvalue weighted by molar-refractivity contribution is 7.85. The zero-order valence-corrected chi connectivity index (χ0v) is 11.4. The lowest BCUT2D eigenvalue weighted by Gasteiger charge is -2.17. The van der Waals surface area contributed by atoms with Crippen molar-refractivity contribution in [1.82, 2.24) is 5.32 Å². The zero-order valence-electron chi connectivity index (χ0n) is 10.6. The van der Waals surface area contributed by atoms with Crippen molar-refractivity contribution in [2.24, 2.45) is 5.92 Å². The second-order valence-electron chi connectivity index (χ2n) is 4.78. The smallest absolute Gasteiger partial charge is 0.0548 e. The van der Waals surface area contributed by atoms with Gasteiger partial charge in [0, 0.05) is 16.7 Å². The van der Waals surface area contributed by atoms with Gasteiger partial charge in [-0.1, -0.05) is 25.1 Å². The molecular weight excluding hydrogens is 230 g/mol. The van der Waals surface area contributed by atoms with Gasteiger partial charge in [0.15, 0.2) is 0 Å². The molecule has 3 heteroatoms. The summed E-state index contributed by atoms with van der Waals surface area (Å²) in [5.41, 5.74) is 1.14. The second kappa shape index (κ2) is 5.78. The number of rotatable bonds is 6. The molecule has 0 aromatic heterocycles. The van der Waals surface area contributed by atoms with E-state index in [-0.39, 0.29) is 0 Å². The fourth-order valence-electron chi connectivity index (χ4n) is 2.19. The van der Waals surface area contributed by atoms with E-state index in [2.05, 4.69) is 12.2 Å². The van der Waals surface area contributed by atoms with Gasteiger partial charge in [0.05, 0.1) is 10.8 Å². The molecular formula is C14H21NOS. The van der Waals surface area contributed by atoms with E-state index >= 15 is 0 Å². The Morgan fingerprint density at radius 2 is 2.12 bits per heavy atom. The summed E-state index contributed by atoms with van der Waals surface area (Å²) in [5.74, 6) is 1.51. The summed E-state index contributed by atoms with van der Waals surface area (Å²) < 4.78 is 12.4. The van der Waals surface area contributed by atoms with Gasteiger partial charge in [-0.05, 0) is 43.9 Å². The number of benzene rings is 1. The summed E-state index contributed by atoms with van der Waals surface area (Å²) in [6, 6.07) is 8.42. The first kappa shape index (κ1) is 12.8. The van der Waals surface area contributed by atoms with Crippen LogP contribution in [0.3, 0.4) is 0 Å². The first-order valence-electron chi connectivity index (χ1n) is 6.39. The van der Waals surface area contributed by atoms with Crippen LogP contribution in [0.15, 0.2) is 29.2 Å². The average molecular weight is 251 g/mol. The molecule has 0 radical (unpaired) electrons. The van der Waals surface area contributed by atoms with E-state index in [4.69, 9.17) is 0 Å². The summed E-state index contributed by atoms with van der Waals surface area (Å²) >= 11 is 0. The van der Waals surface area contributed by atoms with E-state index in [1.807, 2.05) is 31.2 Å². The maximum absolute atomic E-state index is 12.4. The van der Waals surface area contributed by atoms with Crippen molar-refractivity contribution in [3.8, 4) is 0 Å². The molecule has 0 saturated heterocycles. The highest BCUT2D eigenvalue weighted by atomic mass is 32.2. The van der Waals surface area contributed by atoms with Gasteiger partial charge in [-0.3, -0.25) is 4.21 Å². The molecule has 0 spiro atoms. The van der Waals surface area contributed by atoms with Crippen molar-refractivity contribution < 1.29 is 4.21 Å². The normalized spacial score (nSPS) is 18.9. The van der Waals surface area contributed by atoms with Crippen LogP contribution in [0.5, 0.6) is 0 Å². The van der Waals surface area contributed by atoms with Crippen molar-refractivity contribution in [1.29, 1.82) is 0 Å². The Morgan fingerprint density at radius 1 is 1.41 bits per heavy atom. The molecule has 1 aromatic carbocycles. The van der Waals surface area contributed by atoms with Crippen LogP contribution in [0.2, 0.25) is 0 Å². The molecule has 0 amide bonds. The lowest BCUT2D eigenvalue weighted by Crippen LogP contribution is -2.35. The Balaban J connectivity index is 2.02. The van der Waals surface area contributed by atoms with E-state index in [1.165, 1.54) is 12.8 Å². The van der Waals surface area contributed by atoms with Gasteiger partial charge in [0.25, 0.3) is 0 Å². The van der Waals surface area contributed by atoms with Crippen molar-refractivity contribution in [3.63, 3.8) is 0 Å². The number of hydrogen-bond donors (Lipinski definition) is 1. The van der Waals surface area contributed by atoms with Gasteiger partial charge < -0.3 is 5.32 Å². The topological polar surface area (TPSA) is 29.1 Å². The molecule has 1 aliphatic carbocycles. The second-order valence-corrected chi connectivity index (χ2v) is 6.24. The molecule has 0 heterocycles. The van der Waals surface area contributed by atoms with Gasteiger partial charge in [0.2, 0.25) is 0 Å². The first-order valence-corrected chi connectivity index (χ1v) is 7.71. The Bertz CT molecular complexity index is 401. The lowest BCUT2D eigenvalue weighted by atomic mass is 10.2. The van der Waals surface area contributed by atoms with Crippen LogP contribution in [0.4, 0.5) is 0 Å². The molecule has 1 aromatic rings. The minimum absolute atomic E-state index is 0.431. The zero-order chi connectivity index (χ0) is 12.3. The Morgan fingerprint density at radius 3 is 2.71 bits per heavy atom. The SMILES string of the molecule is CCNC(CS(=O)c1ccccc1C)C1CC1. The summed E-state index contributed by atoms with van der Waals surface area (Å²) in [4.78, 5) is 0.996. The summed E-state index contributed by atoms with van der Waals surface area (Å²) in [5, 5.41) is 3.47. The maximum atomic E-state index is 12.4. The van der Waals surface area contributed by atoms with E-state index in [0.717, 1.165) is 28.7 Å². The third-order valence-electron chi connectivity index (χ3n) is 3.33. The Labute approximate surface area is 106 Å². The number of nitrogens with one attached hydrogen (secondary N) is 1. The first-order chi connectivity index (χ1) is 8.22. The van der Waals surface area contributed by atoms with E-state index < -0.39 is 10.8 Å². The van der Waals surface area contributed by atoms with Crippen molar-refractivity contribution in [2.75, 3.05) is 12.3 Å². The van der Waals surface area contributed by atoms with Crippen LogP contribution in [0.1, 0.15) is 25.3 Å². The number of hydrogen-bond acceptors (Lipinski definition) is 2. The van der Waals surface area contributed by atoms with Crippen LogP contribution in [0, 0.1) is 12.8 Å². The minimum Gasteiger partial charge on any atom is -0.313 e. The van der Waals surface area contributed by atoms with Gasteiger partial charge in [0.1, 0.15) is 0 Å². The largest absolute Gasteiger partial charge is 0.313 e. The molecule has 1 aliphatic rings. The molecule has 94 valence electrons. The third-order valence-corrected chi connectivity index (χ3v) is 4.94. The molecule has 2 nitrogen and oxygen atoms in total. The van der Waals surface area contributed by atoms with Gasteiger partial charge in [-0.25, -0.2) is 0 Å². The van der Waals surface area contributed by atoms with Crippen LogP contribution in [-0.2, 0) is 10.8 Å². The van der Waals surface area contributed by atoms with Crippen LogP contribution in [0.25, 0.3) is 0 Å². The molecule has 2 unspecified atom stereocenters. The highest BCUT2D eigenvalue weighted by Crippen LogP contribution is 2.33. The minimum atomic E-state index is -0.870. The summed E-state index contributed by atoms with van der Waals surface area (Å²) in [7, 11) is -0.870.